The fourth-order valence-corrected chi connectivity index (χ4v) is 1.97. The summed E-state index contributed by atoms with van der Waals surface area (Å²) in [6.07, 6.45) is 5.73. The topological polar surface area (TPSA) is 21.3 Å². The van der Waals surface area contributed by atoms with Crippen molar-refractivity contribution in [1.29, 1.82) is 0 Å². The number of nitrogens with one attached hydrogen (secondary N) is 1. The SMILES string of the molecule is C#CCCOc1c(Cl)cc(Cl)cc1CNCC. The van der Waals surface area contributed by atoms with Crippen LogP contribution in [0.2, 0.25) is 10.0 Å². The highest BCUT2D eigenvalue weighted by Crippen LogP contribution is 2.32. The summed E-state index contributed by atoms with van der Waals surface area (Å²) < 4.78 is 5.59. The van der Waals surface area contributed by atoms with E-state index in [2.05, 4.69) is 11.2 Å². The van der Waals surface area contributed by atoms with E-state index in [0.717, 1.165) is 12.1 Å². The summed E-state index contributed by atoms with van der Waals surface area (Å²) in [5.74, 6) is 3.18. The highest BCUT2D eigenvalue weighted by Gasteiger charge is 2.10. The second-order valence-electron chi connectivity index (χ2n) is 3.46. The zero-order chi connectivity index (χ0) is 12.7. The van der Waals surface area contributed by atoms with Crippen molar-refractivity contribution in [2.24, 2.45) is 0 Å². The van der Waals surface area contributed by atoms with Gasteiger partial charge >= 0.3 is 0 Å². The van der Waals surface area contributed by atoms with E-state index in [1.54, 1.807) is 6.07 Å². The molecule has 0 bridgehead atoms. The molecule has 1 rings (SSSR count). The molecule has 0 amide bonds. The van der Waals surface area contributed by atoms with E-state index in [1.165, 1.54) is 0 Å². The van der Waals surface area contributed by atoms with Gasteiger partial charge in [-0.1, -0.05) is 30.1 Å². The maximum Gasteiger partial charge on any atom is 0.142 e. The summed E-state index contributed by atoms with van der Waals surface area (Å²) in [7, 11) is 0. The first-order valence-electron chi connectivity index (χ1n) is 5.44. The van der Waals surface area contributed by atoms with E-state index in [9.17, 15) is 0 Å². The average Bonchev–Trinajstić information content (AvgIpc) is 2.29. The number of halogens is 2. The van der Waals surface area contributed by atoms with Crippen LogP contribution in [0.25, 0.3) is 0 Å². The maximum atomic E-state index is 6.10. The zero-order valence-electron chi connectivity index (χ0n) is 9.72. The molecule has 0 aliphatic heterocycles. The Morgan fingerprint density at radius 3 is 2.82 bits per heavy atom. The van der Waals surface area contributed by atoms with E-state index in [1.807, 2.05) is 13.0 Å². The molecule has 0 saturated carbocycles. The molecule has 0 fully saturated rings. The standard InChI is InChI=1S/C13H15Cl2NO/c1-3-5-6-17-13-10(9-16-4-2)7-11(14)8-12(13)15/h1,7-8,16H,4-6,9H2,2H3. The number of hydrogen-bond donors (Lipinski definition) is 1. The van der Waals surface area contributed by atoms with E-state index >= 15 is 0 Å². The van der Waals surface area contributed by atoms with Crippen LogP contribution in [-0.2, 0) is 6.54 Å². The Hall–Kier alpha value is -0.880. The van der Waals surface area contributed by atoms with Gasteiger partial charge in [0.15, 0.2) is 0 Å². The van der Waals surface area contributed by atoms with Crippen molar-refractivity contribution >= 4 is 23.2 Å². The summed E-state index contributed by atoms with van der Waals surface area (Å²) in [4.78, 5) is 0. The normalized spacial score (nSPS) is 10.0. The molecule has 0 radical (unpaired) electrons. The van der Waals surface area contributed by atoms with Crippen LogP contribution in [0, 0.1) is 12.3 Å². The third kappa shape index (κ3) is 4.47. The van der Waals surface area contributed by atoms with Crippen molar-refractivity contribution in [3.63, 3.8) is 0 Å². The van der Waals surface area contributed by atoms with Gasteiger partial charge in [0.25, 0.3) is 0 Å². The van der Waals surface area contributed by atoms with Gasteiger partial charge in [-0.3, -0.25) is 0 Å². The first-order chi connectivity index (χ1) is 8.19. The predicted octanol–water partition coefficient (Wildman–Crippen LogP) is 3.51. The minimum Gasteiger partial charge on any atom is -0.491 e. The van der Waals surface area contributed by atoms with Gasteiger partial charge in [0, 0.05) is 23.6 Å². The fourth-order valence-electron chi connectivity index (χ4n) is 1.38. The van der Waals surface area contributed by atoms with Gasteiger partial charge in [-0.15, -0.1) is 12.3 Å². The molecule has 0 aromatic heterocycles. The molecular formula is C13H15Cl2NO. The number of terminal acetylenes is 1. The lowest BCUT2D eigenvalue weighted by Gasteiger charge is -2.13. The third-order valence-electron chi connectivity index (χ3n) is 2.14. The van der Waals surface area contributed by atoms with Crippen LogP contribution in [0.15, 0.2) is 12.1 Å². The van der Waals surface area contributed by atoms with Gasteiger partial charge in [0.05, 0.1) is 11.6 Å². The lowest BCUT2D eigenvalue weighted by atomic mass is 10.2. The Kier molecular flexibility index (Phi) is 6.21. The third-order valence-corrected chi connectivity index (χ3v) is 2.64. The Morgan fingerprint density at radius 1 is 1.41 bits per heavy atom. The van der Waals surface area contributed by atoms with Crippen molar-refractivity contribution in [1.82, 2.24) is 5.32 Å². The number of rotatable bonds is 6. The number of hydrogen-bond acceptors (Lipinski definition) is 2. The van der Waals surface area contributed by atoms with Crippen LogP contribution in [0.3, 0.4) is 0 Å². The van der Waals surface area contributed by atoms with E-state index < -0.39 is 0 Å². The van der Waals surface area contributed by atoms with E-state index in [-0.39, 0.29) is 0 Å². The van der Waals surface area contributed by atoms with Gasteiger partial charge in [0.1, 0.15) is 5.75 Å². The van der Waals surface area contributed by atoms with Crippen molar-refractivity contribution in [2.75, 3.05) is 13.2 Å². The molecule has 1 N–H and O–H groups in total. The molecule has 1 aromatic rings. The minimum absolute atomic E-state index is 0.455. The second kappa shape index (κ2) is 7.45. The Morgan fingerprint density at radius 2 is 2.18 bits per heavy atom. The monoisotopic (exact) mass is 271 g/mol. The Bertz CT molecular complexity index is 413. The van der Waals surface area contributed by atoms with Gasteiger partial charge < -0.3 is 10.1 Å². The number of benzene rings is 1. The van der Waals surface area contributed by atoms with Gasteiger partial charge in [-0.05, 0) is 18.7 Å². The van der Waals surface area contributed by atoms with Gasteiger partial charge in [-0.2, -0.15) is 0 Å². The maximum absolute atomic E-state index is 6.10. The largest absolute Gasteiger partial charge is 0.491 e. The highest BCUT2D eigenvalue weighted by molar-refractivity contribution is 6.35. The molecule has 92 valence electrons. The molecule has 0 saturated heterocycles. The van der Waals surface area contributed by atoms with Gasteiger partial charge in [0.2, 0.25) is 0 Å². The Labute approximate surface area is 112 Å². The smallest absolute Gasteiger partial charge is 0.142 e. The zero-order valence-corrected chi connectivity index (χ0v) is 11.2. The highest BCUT2D eigenvalue weighted by atomic mass is 35.5. The van der Waals surface area contributed by atoms with E-state index in [0.29, 0.717) is 35.4 Å². The molecule has 0 heterocycles. The van der Waals surface area contributed by atoms with E-state index in [4.69, 9.17) is 34.4 Å². The molecule has 0 atom stereocenters. The van der Waals surface area contributed by atoms with Crippen molar-refractivity contribution in [2.45, 2.75) is 19.9 Å². The molecule has 1 aromatic carbocycles. The van der Waals surface area contributed by atoms with Crippen molar-refractivity contribution < 1.29 is 4.74 Å². The quantitative estimate of drug-likeness (QED) is 0.632. The molecule has 17 heavy (non-hydrogen) atoms. The first kappa shape index (κ1) is 14.2. The molecule has 4 heteroatoms. The number of ether oxygens (including phenoxy) is 1. The average molecular weight is 272 g/mol. The molecule has 0 aliphatic rings. The van der Waals surface area contributed by atoms with Crippen LogP contribution >= 0.6 is 23.2 Å². The second-order valence-corrected chi connectivity index (χ2v) is 4.30. The van der Waals surface area contributed by atoms with Gasteiger partial charge in [-0.25, -0.2) is 0 Å². The van der Waals surface area contributed by atoms with Crippen LogP contribution in [-0.4, -0.2) is 13.2 Å². The fraction of sp³-hybridized carbons (Fsp3) is 0.385. The van der Waals surface area contributed by atoms with Crippen LogP contribution in [0.4, 0.5) is 0 Å². The van der Waals surface area contributed by atoms with Crippen LogP contribution in [0.5, 0.6) is 5.75 Å². The minimum atomic E-state index is 0.455. The molecule has 0 unspecified atom stereocenters. The van der Waals surface area contributed by atoms with Crippen LogP contribution < -0.4 is 10.1 Å². The van der Waals surface area contributed by atoms with Crippen molar-refractivity contribution in [3.05, 3.63) is 27.7 Å². The summed E-state index contributed by atoms with van der Waals surface area (Å²) in [5.41, 5.74) is 0.946. The molecule has 0 spiro atoms. The Balaban J connectivity index is 2.86. The molecule has 2 nitrogen and oxygen atoms in total. The van der Waals surface area contributed by atoms with Crippen LogP contribution in [0.1, 0.15) is 18.9 Å². The predicted molar refractivity (Wildman–Crippen MR) is 72.8 cm³/mol. The summed E-state index contributed by atoms with van der Waals surface area (Å²) in [6.45, 7) is 4.03. The lowest BCUT2D eigenvalue weighted by Crippen LogP contribution is -2.13. The summed E-state index contributed by atoms with van der Waals surface area (Å²) in [6, 6.07) is 3.52. The molecule has 0 aliphatic carbocycles. The lowest BCUT2D eigenvalue weighted by molar-refractivity contribution is 0.323. The summed E-state index contributed by atoms with van der Waals surface area (Å²) >= 11 is 12.1. The first-order valence-corrected chi connectivity index (χ1v) is 6.19. The summed E-state index contributed by atoms with van der Waals surface area (Å²) in [5, 5.41) is 4.33. The van der Waals surface area contributed by atoms with Crippen molar-refractivity contribution in [3.8, 4) is 18.1 Å². The molecular weight excluding hydrogens is 257 g/mol.